The highest BCUT2D eigenvalue weighted by atomic mass is 79.9. The van der Waals surface area contributed by atoms with E-state index in [1.165, 1.54) is 26.3 Å². The highest BCUT2D eigenvalue weighted by Crippen LogP contribution is 1.86. The molecule has 0 radical (unpaired) electrons. The largest absolute Gasteiger partial charge is 0.478 e. The number of hydrogen-bond donors (Lipinski definition) is 1. The van der Waals surface area contributed by atoms with Crippen LogP contribution in [-0.4, -0.2) is 36.6 Å². The van der Waals surface area contributed by atoms with Crippen molar-refractivity contribution in [3.8, 4) is 0 Å². The van der Waals surface area contributed by atoms with Gasteiger partial charge in [-0.25, -0.2) is 4.79 Å². The Balaban J connectivity index is -0.000000163. The zero-order valence-electron chi connectivity index (χ0n) is 9.54. The molecule has 0 heterocycles. The van der Waals surface area contributed by atoms with Crippen LogP contribution in [0.2, 0.25) is 0 Å². The predicted octanol–water partition coefficient (Wildman–Crippen LogP) is 2.57. The molecule has 0 saturated heterocycles. The van der Waals surface area contributed by atoms with E-state index >= 15 is 0 Å². The molecule has 3 nitrogen and oxygen atoms in total. The molecule has 1 N–H and O–H groups in total. The van der Waals surface area contributed by atoms with Gasteiger partial charge < -0.3 is 10.0 Å². The van der Waals surface area contributed by atoms with E-state index in [-0.39, 0.29) is 22.6 Å². The van der Waals surface area contributed by atoms with E-state index in [2.05, 4.69) is 32.5 Å². The third kappa shape index (κ3) is 22.6. The van der Waals surface area contributed by atoms with Crippen molar-refractivity contribution in [2.45, 2.75) is 26.7 Å². The van der Waals surface area contributed by atoms with Gasteiger partial charge in [0, 0.05) is 5.57 Å². The Hall–Kier alpha value is -0.350. The van der Waals surface area contributed by atoms with Crippen molar-refractivity contribution in [3.05, 3.63) is 12.2 Å². The van der Waals surface area contributed by atoms with E-state index in [1.807, 2.05) is 0 Å². The van der Waals surface area contributed by atoms with E-state index in [0.29, 0.717) is 0 Å². The molecule has 4 heteroatoms. The fourth-order valence-corrected chi connectivity index (χ4v) is 0.474. The summed E-state index contributed by atoms with van der Waals surface area (Å²) in [6.07, 6.45) is 2.63. The highest BCUT2D eigenvalue weighted by molar-refractivity contribution is 8.93. The minimum absolute atomic E-state index is 0. The maximum absolute atomic E-state index is 9.60. The van der Waals surface area contributed by atoms with E-state index in [4.69, 9.17) is 5.11 Å². The predicted molar refractivity (Wildman–Crippen MR) is 66.2 cm³/mol. The molecule has 0 aliphatic rings. The smallest absolute Gasteiger partial charge is 0.330 e. The fourth-order valence-electron chi connectivity index (χ4n) is 0.474. The number of carboxylic acid groups (broad SMARTS) is 1. The molecule has 0 saturated carbocycles. The molecule has 86 valence electrons. The summed E-state index contributed by atoms with van der Waals surface area (Å²) < 4.78 is 0. The number of halogens is 1. The van der Waals surface area contributed by atoms with Gasteiger partial charge >= 0.3 is 5.97 Å². The van der Waals surface area contributed by atoms with Crippen molar-refractivity contribution in [1.82, 2.24) is 4.90 Å². The van der Waals surface area contributed by atoms with Crippen LogP contribution in [0, 0.1) is 0 Å². The van der Waals surface area contributed by atoms with Crippen LogP contribution in [0.4, 0.5) is 0 Å². The summed E-state index contributed by atoms with van der Waals surface area (Å²) in [6.45, 7) is 8.05. The molecule has 0 aromatic carbocycles. The second-order valence-electron chi connectivity index (χ2n) is 3.24. The normalized spacial score (nSPS) is 8.36. The average molecular weight is 268 g/mol. The van der Waals surface area contributed by atoms with Crippen LogP contribution in [0.5, 0.6) is 0 Å². The monoisotopic (exact) mass is 267 g/mol. The molecular formula is C10H22BrNO2. The third-order valence-electron chi connectivity index (χ3n) is 1.32. The number of carboxylic acids is 1. The van der Waals surface area contributed by atoms with Gasteiger partial charge in [-0.2, -0.15) is 0 Å². The number of unbranched alkanes of at least 4 members (excludes halogenated alkanes) is 1. The topological polar surface area (TPSA) is 40.5 Å². The van der Waals surface area contributed by atoms with Crippen LogP contribution in [0.15, 0.2) is 12.2 Å². The summed E-state index contributed by atoms with van der Waals surface area (Å²) in [7, 11) is 4.21. The molecule has 0 rings (SSSR count). The molecule has 0 fully saturated rings. The van der Waals surface area contributed by atoms with Crippen LogP contribution in [0.25, 0.3) is 0 Å². The molecule has 0 amide bonds. The molecule has 0 aromatic rings. The Labute approximate surface area is 97.6 Å². The molecule has 0 unspecified atom stereocenters. The quantitative estimate of drug-likeness (QED) is 0.797. The standard InChI is InChI=1S/C6H15N.C4H6O2.BrH/c1-4-5-6-7(2)3;1-3(2)4(5)6;/h4-6H2,1-3H3;1H2,2H3,(H,5,6);1H. The minimum Gasteiger partial charge on any atom is -0.478 e. The number of hydrogen-bond acceptors (Lipinski definition) is 2. The minimum atomic E-state index is -0.935. The zero-order valence-corrected chi connectivity index (χ0v) is 11.3. The van der Waals surface area contributed by atoms with Crippen LogP contribution in [-0.2, 0) is 4.79 Å². The number of aliphatic carboxylic acids is 1. The molecule has 14 heavy (non-hydrogen) atoms. The number of rotatable bonds is 4. The Morgan fingerprint density at radius 2 is 1.79 bits per heavy atom. The molecular weight excluding hydrogens is 246 g/mol. The Morgan fingerprint density at radius 3 is 1.86 bits per heavy atom. The summed E-state index contributed by atoms with van der Waals surface area (Å²) in [6, 6.07) is 0. The molecule has 0 spiro atoms. The fraction of sp³-hybridized carbons (Fsp3) is 0.700. The van der Waals surface area contributed by atoms with E-state index in [9.17, 15) is 4.79 Å². The lowest BCUT2D eigenvalue weighted by Crippen LogP contribution is -2.12. The summed E-state index contributed by atoms with van der Waals surface area (Å²) in [4.78, 5) is 11.8. The highest BCUT2D eigenvalue weighted by Gasteiger charge is 1.90. The van der Waals surface area contributed by atoms with Gasteiger partial charge in [0.1, 0.15) is 0 Å². The summed E-state index contributed by atoms with van der Waals surface area (Å²) in [5.74, 6) is -0.935. The van der Waals surface area contributed by atoms with Gasteiger partial charge in [0.2, 0.25) is 0 Å². The van der Waals surface area contributed by atoms with Crippen LogP contribution >= 0.6 is 17.0 Å². The first kappa shape index (κ1) is 19.3. The van der Waals surface area contributed by atoms with E-state index in [0.717, 1.165) is 0 Å². The van der Waals surface area contributed by atoms with Gasteiger partial charge in [0.15, 0.2) is 0 Å². The zero-order chi connectivity index (χ0) is 10.9. The van der Waals surface area contributed by atoms with Gasteiger partial charge in [-0.1, -0.05) is 19.9 Å². The van der Waals surface area contributed by atoms with Crippen LogP contribution in [0.1, 0.15) is 26.7 Å². The SMILES string of the molecule is Br.C=C(C)C(=O)O.CCCCN(C)C. The second-order valence-corrected chi connectivity index (χ2v) is 3.24. The van der Waals surface area contributed by atoms with Crippen LogP contribution in [0.3, 0.4) is 0 Å². The Morgan fingerprint density at radius 1 is 1.43 bits per heavy atom. The van der Waals surface area contributed by atoms with Crippen molar-refractivity contribution < 1.29 is 9.90 Å². The third-order valence-corrected chi connectivity index (χ3v) is 1.32. The van der Waals surface area contributed by atoms with Crippen molar-refractivity contribution in [3.63, 3.8) is 0 Å². The first-order valence-corrected chi connectivity index (χ1v) is 4.45. The molecule has 0 aromatic heterocycles. The second kappa shape index (κ2) is 12.7. The van der Waals surface area contributed by atoms with Crippen molar-refractivity contribution in [2.75, 3.05) is 20.6 Å². The summed E-state index contributed by atoms with van der Waals surface area (Å²) >= 11 is 0. The first-order valence-electron chi connectivity index (χ1n) is 4.45. The molecule has 0 bridgehead atoms. The van der Waals surface area contributed by atoms with Crippen molar-refractivity contribution in [1.29, 1.82) is 0 Å². The Kier molecular flexibility index (Phi) is 17.4. The first-order chi connectivity index (χ1) is 5.91. The van der Waals surface area contributed by atoms with Crippen molar-refractivity contribution >= 4 is 23.0 Å². The van der Waals surface area contributed by atoms with Gasteiger partial charge in [-0.3, -0.25) is 0 Å². The van der Waals surface area contributed by atoms with Crippen LogP contribution < -0.4 is 0 Å². The lowest BCUT2D eigenvalue weighted by atomic mass is 10.3. The van der Waals surface area contributed by atoms with Crippen molar-refractivity contribution in [2.24, 2.45) is 0 Å². The molecule has 0 aliphatic carbocycles. The molecule has 0 aliphatic heterocycles. The van der Waals surface area contributed by atoms with Gasteiger partial charge in [-0.15, -0.1) is 17.0 Å². The van der Waals surface area contributed by atoms with Gasteiger partial charge in [0.05, 0.1) is 0 Å². The summed E-state index contributed by atoms with van der Waals surface area (Å²) in [5.41, 5.74) is 0.176. The number of nitrogens with zero attached hydrogens (tertiary/aromatic N) is 1. The molecule has 0 atom stereocenters. The van der Waals surface area contributed by atoms with Gasteiger partial charge in [0.25, 0.3) is 0 Å². The lowest BCUT2D eigenvalue weighted by Gasteiger charge is -2.05. The number of carbonyl (C=O) groups is 1. The Bertz CT molecular complexity index is 146. The average Bonchev–Trinajstić information content (AvgIpc) is 2.01. The van der Waals surface area contributed by atoms with E-state index in [1.54, 1.807) is 0 Å². The van der Waals surface area contributed by atoms with E-state index < -0.39 is 5.97 Å². The lowest BCUT2D eigenvalue weighted by molar-refractivity contribution is -0.132. The van der Waals surface area contributed by atoms with Gasteiger partial charge in [-0.05, 0) is 34.0 Å². The summed E-state index contributed by atoms with van der Waals surface area (Å²) in [5, 5.41) is 7.89. The maximum atomic E-state index is 9.60. The maximum Gasteiger partial charge on any atom is 0.330 e.